The maximum absolute atomic E-state index is 13.4. The second-order valence-corrected chi connectivity index (χ2v) is 9.47. The topological polar surface area (TPSA) is 75.9 Å². The van der Waals surface area contributed by atoms with Crippen LogP contribution < -0.4 is 4.74 Å². The molecule has 7 nitrogen and oxygen atoms in total. The molecule has 0 unspecified atom stereocenters. The number of carbonyl (C=O) groups is 1. The second kappa shape index (κ2) is 11.1. The fourth-order valence-electron chi connectivity index (χ4n) is 5.22. The Labute approximate surface area is 215 Å². The Morgan fingerprint density at radius 3 is 2.53 bits per heavy atom. The Hall–Kier alpha value is -2.06. The summed E-state index contributed by atoms with van der Waals surface area (Å²) < 4.78 is 5.55. The Bertz CT molecular complexity index is 1080. The maximum atomic E-state index is 13.4. The van der Waals surface area contributed by atoms with Crippen LogP contribution in [-0.2, 0) is 17.6 Å². The van der Waals surface area contributed by atoms with Crippen molar-refractivity contribution in [2.24, 2.45) is 0 Å². The van der Waals surface area contributed by atoms with Gasteiger partial charge in [0, 0.05) is 24.7 Å². The minimum atomic E-state index is -0.447. The monoisotopic (exact) mass is 527 g/mol. The van der Waals surface area contributed by atoms with E-state index in [0.717, 1.165) is 43.5 Å². The molecule has 1 fully saturated rings. The van der Waals surface area contributed by atoms with E-state index in [1.54, 1.807) is 43.3 Å². The number of hydrogen-bond donors (Lipinski definition) is 0. The van der Waals surface area contributed by atoms with E-state index >= 15 is 0 Å². The van der Waals surface area contributed by atoms with E-state index in [1.807, 2.05) is 0 Å². The van der Waals surface area contributed by atoms with Gasteiger partial charge in [-0.25, -0.2) is 0 Å². The number of likely N-dealkylation sites (N-methyl/N-ethyl adjacent to an activating group) is 1. The molecule has 1 aliphatic carbocycles. The number of halogens is 3. The average Bonchev–Trinajstić information content (AvgIpc) is 3.34. The van der Waals surface area contributed by atoms with E-state index < -0.39 is 6.04 Å². The molecule has 0 spiro atoms. The average molecular weight is 529 g/mol. The molecule has 0 bridgehead atoms. The van der Waals surface area contributed by atoms with Gasteiger partial charge >= 0.3 is 0 Å². The van der Waals surface area contributed by atoms with E-state index in [1.165, 1.54) is 6.07 Å². The lowest BCUT2D eigenvalue weighted by Crippen LogP contribution is -2.49. The van der Waals surface area contributed by atoms with Crippen LogP contribution in [-0.4, -0.2) is 53.9 Å². The Kier molecular flexibility index (Phi) is 8.68. The number of nitro groups is 1. The molecule has 34 heavy (non-hydrogen) atoms. The van der Waals surface area contributed by atoms with Crippen molar-refractivity contribution in [3.05, 3.63) is 67.2 Å². The molecule has 1 saturated heterocycles. The number of nitro benzene ring substituents is 1. The SMILES string of the molecule is COc1ccc([N+](=O)[O-])c2c1CC[C@H](N1CCCC1)[C@H]2N(C)C(=O)Cc1ccc(Cl)c(Cl)c1.Cl. The highest BCUT2D eigenvalue weighted by Gasteiger charge is 2.43. The summed E-state index contributed by atoms with van der Waals surface area (Å²) in [5.74, 6) is 0.498. The van der Waals surface area contributed by atoms with Crippen LogP contribution in [0.3, 0.4) is 0 Å². The number of carbonyl (C=O) groups excluding carboxylic acids is 1. The van der Waals surface area contributed by atoms with Crippen LogP contribution in [0.15, 0.2) is 30.3 Å². The van der Waals surface area contributed by atoms with E-state index in [-0.39, 0.29) is 41.4 Å². The molecule has 0 aromatic heterocycles. The van der Waals surface area contributed by atoms with Crippen LogP contribution >= 0.6 is 35.6 Å². The largest absolute Gasteiger partial charge is 0.496 e. The van der Waals surface area contributed by atoms with Crippen LogP contribution in [0.1, 0.15) is 42.0 Å². The van der Waals surface area contributed by atoms with Gasteiger partial charge in [0.15, 0.2) is 0 Å². The quantitative estimate of drug-likeness (QED) is 0.366. The molecule has 184 valence electrons. The Balaban J connectivity index is 0.00000324. The van der Waals surface area contributed by atoms with Crippen LogP contribution in [0.2, 0.25) is 10.0 Å². The van der Waals surface area contributed by atoms with Crippen LogP contribution in [0, 0.1) is 10.1 Å². The maximum Gasteiger partial charge on any atom is 0.275 e. The summed E-state index contributed by atoms with van der Waals surface area (Å²) in [6.07, 6.45) is 3.80. The molecule has 2 atom stereocenters. The molecule has 1 heterocycles. The van der Waals surface area contributed by atoms with Crippen LogP contribution in [0.25, 0.3) is 0 Å². The van der Waals surface area contributed by atoms with Gasteiger partial charge in [-0.05, 0) is 62.5 Å². The number of methoxy groups -OCH3 is 1. The van der Waals surface area contributed by atoms with E-state index in [9.17, 15) is 14.9 Å². The van der Waals surface area contributed by atoms with Gasteiger partial charge in [0.05, 0.1) is 40.1 Å². The van der Waals surface area contributed by atoms with Crippen molar-refractivity contribution in [3.8, 4) is 5.75 Å². The molecule has 2 aromatic carbocycles. The molecular weight excluding hydrogens is 501 g/mol. The van der Waals surface area contributed by atoms with Gasteiger partial charge in [-0.1, -0.05) is 29.3 Å². The number of fused-ring (bicyclic) bond motifs is 1. The number of rotatable bonds is 6. The second-order valence-electron chi connectivity index (χ2n) is 8.66. The van der Waals surface area contributed by atoms with Crippen molar-refractivity contribution in [1.29, 1.82) is 0 Å². The predicted molar refractivity (Wildman–Crippen MR) is 135 cm³/mol. The number of amides is 1. The third kappa shape index (κ3) is 5.13. The molecule has 1 amide bonds. The van der Waals surface area contributed by atoms with Gasteiger partial charge < -0.3 is 9.64 Å². The number of nitrogens with zero attached hydrogens (tertiary/aromatic N) is 3. The molecule has 0 radical (unpaired) electrons. The minimum absolute atomic E-state index is 0. The van der Waals surface area contributed by atoms with E-state index in [2.05, 4.69) is 4.90 Å². The first kappa shape index (κ1) is 26.5. The van der Waals surface area contributed by atoms with E-state index in [0.29, 0.717) is 27.8 Å². The summed E-state index contributed by atoms with van der Waals surface area (Å²) in [5.41, 5.74) is 2.19. The zero-order valence-electron chi connectivity index (χ0n) is 19.1. The first-order valence-electron chi connectivity index (χ1n) is 11.1. The summed E-state index contributed by atoms with van der Waals surface area (Å²) in [5, 5.41) is 12.8. The Morgan fingerprint density at radius 1 is 1.21 bits per heavy atom. The molecule has 4 rings (SSSR count). The molecule has 2 aromatic rings. The third-order valence-electron chi connectivity index (χ3n) is 6.82. The van der Waals surface area contributed by atoms with Gasteiger partial charge in [0.1, 0.15) is 5.75 Å². The molecule has 2 aliphatic rings. The summed E-state index contributed by atoms with van der Waals surface area (Å²) in [6, 6.07) is 7.85. The first-order chi connectivity index (χ1) is 15.8. The van der Waals surface area contributed by atoms with Crippen molar-refractivity contribution in [3.63, 3.8) is 0 Å². The highest BCUT2D eigenvalue weighted by Crippen LogP contribution is 2.45. The highest BCUT2D eigenvalue weighted by molar-refractivity contribution is 6.42. The first-order valence-corrected chi connectivity index (χ1v) is 11.8. The smallest absolute Gasteiger partial charge is 0.275 e. The summed E-state index contributed by atoms with van der Waals surface area (Å²) in [7, 11) is 3.31. The Morgan fingerprint density at radius 2 is 1.91 bits per heavy atom. The van der Waals surface area contributed by atoms with Crippen molar-refractivity contribution in [1.82, 2.24) is 9.80 Å². The molecular formula is C24H28Cl3N3O4. The number of likely N-dealkylation sites (tertiary alicyclic amines) is 1. The summed E-state index contributed by atoms with van der Waals surface area (Å²) in [4.78, 5) is 29.2. The molecule has 0 saturated carbocycles. The zero-order valence-corrected chi connectivity index (χ0v) is 21.5. The van der Waals surface area contributed by atoms with Crippen LogP contribution in [0.5, 0.6) is 5.75 Å². The lowest BCUT2D eigenvalue weighted by molar-refractivity contribution is -0.386. The minimum Gasteiger partial charge on any atom is -0.496 e. The van der Waals surface area contributed by atoms with Gasteiger partial charge in [0.25, 0.3) is 5.69 Å². The lowest BCUT2D eigenvalue weighted by Gasteiger charge is -2.43. The third-order valence-corrected chi connectivity index (χ3v) is 7.56. The normalized spacial score (nSPS) is 19.8. The van der Waals surface area contributed by atoms with Crippen LogP contribution in [0.4, 0.5) is 5.69 Å². The summed E-state index contributed by atoms with van der Waals surface area (Å²) >= 11 is 12.2. The molecule has 1 aliphatic heterocycles. The van der Waals surface area contributed by atoms with Crippen molar-refractivity contribution in [2.75, 3.05) is 27.2 Å². The van der Waals surface area contributed by atoms with Crippen molar-refractivity contribution >= 4 is 47.2 Å². The van der Waals surface area contributed by atoms with Crippen molar-refractivity contribution in [2.45, 2.75) is 44.2 Å². The number of hydrogen-bond acceptors (Lipinski definition) is 5. The standard InChI is InChI=1S/C24H27Cl2N3O4.ClH/c1-27(22(30)14-15-5-7-17(25)18(26)13-15)24-20(28-11-3-4-12-28)8-6-16-21(33-2)10-9-19(23(16)24)29(31)32;/h5,7,9-10,13,20,24H,3-4,6,8,11-12,14H2,1-2H3;1H/t20-,24+;/m0./s1. The highest BCUT2D eigenvalue weighted by atomic mass is 35.5. The fraction of sp³-hybridized carbons (Fsp3) is 0.458. The lowest BCUT2D eigenvalue weighted by atomic mass is 9.80. The predicted octanol–water partition coefficient (Wildman–Crippen LogP) is 5.48. The number of ether oxygens (including phenoxy) is 1. The zero-order chi connectivity index (χ0) is 23.7. The van der Waals surface area contributed by atoms with Crippen molar-refractivity contribution < 1.29 is 14.5 Å². The summed E-state index contributed by atoms with van der Waals surface area (Å²) in [6.45, 7) is 1.87. The van der Waals surface area contributed by atoms with Gasteiger partial charge in [-0.2, -0.15) is 0 Å². The fourth-order valence-corrected chi connectivity index (χ4v) is 5.55. The molecule has 0 N–H and O–H groups in total. The number of benzene rings is 2. The molecule has 10 heteroatoms. The van der Waals surface area contributed by atoms with E-state index in [4.69, 9.17) is 27.9 Å². The van der Waals surface area contributed by atoms with Gasteiger partial charge in [0.2, 0.25) is 5.91 Å². The van der Waals surface area contributed by atoms with Gasteiger partial charge in [-0.15, -0.1) is 12.4 Å². The van der Waals surface area contributed by atoms with Gasteiger partial charge in [-0.3, -0.25) is 19.8 Å².